The minimum absolute atomic E-state index is 0.623. The molecular formula is C48H30N4. The molecule has 0 amide bonds. The molecule has 242 valence electrons. The summed E-state index contributed by atoms with van der Waals surface area (Å²) in [6, 6.07) is 59.6. The van der Waals surface area contributed by atoms with Crippen LogP contribution in [0.25, 0.3) is 99.5 Å². The molecule has 0 aliphatic rings. The first kappa shape index (κ1) is 29.8. The first-order chi connectivity index (χ1) is 25.8. The van der Waals surface area contributed by atoms with Crippen molar-refractivity contribution in [2.24, 2.45) is 0 Å². The van der Waals surface area contributed by atoms with E-state index in [-0.39, 0.29) is 0 Å². The molecule has 10 aromatic rings. The lowest BCUT2D eigenvalue weighted by molar-refractivity contribution is 1.08. The van der Waals surface area contributed by atoms with E-state index in [0.717, 1.165) is 54.9 Å². The van der Waals surface area contributed by atoms with E-state index in [1.807, 2.05) is 30.6 Å². The second-order valence-corrected chi connectivity index (χ2v) is 13.1. The topological polar surface area (TPSA) is 51.6 Å². The van der Waals surface area contributed by atoms with E-state index in [9.17, 15) is 0 Å². The van der Waals surface area contributed by atoms with Gasteiger partial charge in [-0.2, -0.15) is 0 Å². The van der Waals surface area contributed by atoms with Gasteiger partial charge in [-0.25, -0.2) is 15.0 Å². The molecular weight excluding hydrogens is 633 g/mol. The molecule has 52 heavy (non-hydrogen) atoms. The van der Waals surface area contributed by atoms with Gasteiger partial charge in [0, 0.05) is 34.5 Å². The van der Waals surface area contributed by atoms with Crippen LogP contribution in [0.1, 0.15) is 0 Å². The lowest BCUT2D eigenvalue weighted by Crippen LogP contribution is -2.01. The SMILES string of the molecule is c1ccc(-c2nc(-c3ccc(-c4cccc5ccccc45)c(-c4ccccc4)c3)nc(-c3cccc4c3ccc3ccc5ccncc5c34)n2)cc1. The predicted molar refractivity (Wildman–Crippen MR) is 215 cm³/mol. The van der Waals surface area contributed by atoms with Crippen LogP contribution in [0.15, 0.2) is 182 Å². The summed E-state index contributed by atoms with van der Waals surface area (Å²) in [5.74, 6) is 1.89. The summed E-state index contributed by atoms with van der Waals surface area (Å²) in [6.45, 7) is 0. The van der Waals surface area contributed by atoms with Crippen molar-refractivity contribution >= 4 is 43.1 Å². The highest BCUT2D eigenvalue weighted by Crippen LogP contribution is 2.40. The van der Waals surface area contributed by atoms with Gasteiger partial charge in [-0.05, 0) is 72.1 Å². The van der Waals surface area contributed by atoms with Crippen LogP contribution in [0.3, 0.4) is 0 Å². The molecule has 0 bridgehead atoms. The molecule has 0 atom stereocenters. The summed E-state index contributed by atoms with van der Waals surface area (Å²) in [5, 5.41) is 9.30. The van der Waals surface area contributed by atoms with Crippen LogP contribution in [0.4, 0.5) is 0 Å². The van der Waals surface area contributed by atoms with Gasteiger partial charge < -0.3 is 0 Å². The summed E-state index contributed by atoms with van der Waals surface area (Å²) in [7, 11) is 0. The van der Waals surface area contributed by atoms with Crippen molar-refractivity contribution in [1.29, 1.82) is 0 Å². The number of pyridine rings is 1. The average molecular weight is 663 g/mol. The zero-order valence-corrected chi connectivity index (χ0v) is 28.1. The smallest absolute Gasteiger partial charge is 0.164 e. The number of hydrogen-bond acceptors (Lipinski definition) is 4. The highest BCUT2D eigenvalue weighted by molar-refractivity contribution is 6.21. The number of fused-ring (bicyclic) bond motifs is 6. The highest BCUT2D eigenvalue weighted by Gasteiger charge is 2.18. The van der Waals surface area contributed by atoms with Crippen LogP contribution in [0, 0.1) is 0 Å². The van der Waals surface area contributed by atoms with E-state index in [0.29, 0.717) is 17.5 Å². The van der Waals surface area contributed by atoms with Crippen LogP contribution in [0.2, 0.25) is 0 Å². The van der Waals surface area contributed by atoms with E-state index in [1.54, 1.807) is 0 Å². The van der Waals surface area contributed by atoms with E-state index in [4.69, 9.17) is 15.0 Å². The Bertz CT molecular complexity index is 2950. The molecule has 4 heteroatoms. The maximum Gasteiger partial charge on any atom is 0.164 e. The molecule has 4 nitrogen and oxygen atoms in total. The van der Waals surface area contributed by atoms with Crippen molar-refractivity contribution in [3.05, 3.63) is 182 Å². The Balaban J connectivity index is 1.21. The lowest BCUT2D eigenvalue weighted by Gasteiger charge is -2.15. The number of rotatable bonds is 5. The normalized spacial score (nSPS) is 11.5. The third-order valence-electron chi connectivity index (χ3n) is 10.0. The molecule has 0 aliphatic carbocycles. The van der Waals surface area contributed by atoms with E-state index in [2.05, 4.69) is 157 Å². The molecule has 0 aliphatic heterocycles. The molecule has 8 aromatic carbocycles. The third-order valence-corrected chi connectivity index (χ3v) is 10.0. The van der Waals surface area contributed by atoms with Crippen molar-refractivity contribution in [3.8, 4) is 56.4 Å². The maximum absolute atomic E-state index is 5.24. The minimum Gasteiger partial charge on any atom is -0.264 e. The summed E-state index contributed by atoms with van der Waals surface area (Å²) in [4.78, 5) is 20.0. The van der Waals surface area contributed by atoms with Crippen molar-refractivity contribution in [3.63, 3.8) is 0 Å². The molecule has 0 saturated heterocycles. The Labute approximate surface area is 300 Å². The van der Waals surface area contributed by atoms with E-state index >= 15 is 0 Å². The first-order valence-corrected chi connectivity index (χ1v) is 17.5. The quantitative estimate of drug-likeness (QED) is 0.172. The number of hydrogen-bond donors (Lipinski definition) is 0. The standard InChI is InChI=1S/C48H30N4/c1-3-11-32(12-4-1)43-29-36(24-26-39(43)38-18-9-16-31-13-7-8-17-37(31)38)47-50-46(35-14-5-2-6-15-35)51-48(52-47)42-20-10-19-41-40(42)25-23-34-22-21-33-27-28-49-30-44(33)45(34)41/h1-30H. The number of benzene rings is 8. The molecule has 0 N–H and O–H groups in total. The predicted octanol–water partition coefficient (Wildman–Crippen LogP) is 12.2. The van der Waals surface area contributed by atoms with Gasteiger partial charge in [0.05, 0.1) is 0 Å². The Morgan fingerprint density at radius 1 is 0.308 bits per heavy atom. The Kier molecular flexibility index (Phi) is 7.10. The fraction of sp³-hybridized carbons (Fsp3) is 0. The fourth-order valence-electron chi connectivity index (χ4n) is 7.53. The van der Waals surface area contributed by atoms with Crippen molar-refractivity contribution in [1.82, 2.24) is 19.9 Å². The molecule has 2 heterocycles. The van der Waals surface area contributed by atoms with E-state index < -0.39 is 0 Å². The second kappa shape index (κ2) is 12.4. The van der Waals surface area contributed by atoms with Gasteiger partial charge in [0.25, 0.3) is 0 Å². The molecule has 10 rings (SSSR count). The monoisotopic (exact) mass is 662 g/mol. The van der Waals surface area contributed by atoms with E-state index in [1.165, 1.54) is 27.1 Å². The van der Waals surface area contributed by atoms with Gasteiger partial charge in [0.2, 0.25) is 0 Å². The van der Waals surface area contributed by atoms with Gasteiger partial charge in [-0.15, -0.1) is 0 Å². The maximum atomic E-state index is 5.24. The zero-order valence-electron chi connectivity index (χ0n) is 28.1. The van der Waals surface area contributed by atoms with Crippen molar-refractivity contribution in [2.75, 3.05) is 0 Å². The molecule has 0 saturated carbocycles. The van der Waals surface area contributed by atoms with Crippen LogP contribution in [0.5, 0.6) is 0 Å². The molecule has 0 unspecified atom stereocenters. The zero-order chi connectivity index (χ0) is 34.4. The van der Waals surface area contributed by atoms with Crippen molar-refractivity contribution in [2.45, 2.75) is 0 Å². The Hall–Kier alpha value is -7.04. The molecule has 0 radical (unpaired) electrons. The molecule has 0 spiro atoms. The first-order valence-electron chi connectivity index (χ1n) is 17.5. The van der Waals surface area contributed by atoms with Gasteiger partial charge in [0.15, 0.2) is 17.5 Å². The van der Waals surface area contributed by atoms with Gasteiger partial charge in [-0.1, -0.05) is 158 Å². The van der Waals surface area contributed by atoms with Crippen molar-refractivity contribution < 1.29 is 0 Å². The van der Waals surface area contributed by atoms with Crippen LogP contribution >= 0.6 is 0 Å². The Morgan fingerprint density at radius 3 is 1.81 bits per heavy atom. The minimum atomic E-state index is 0.623. The number of aromatic nitrogens is 4. The van der Waals surface area contributed by atoms with Crippen LogP contribution < -0.4 is 0 Å². The largest absolute Gasteiger partial charge is 0.264 e. The Morgan fingerprint density at radius 2 is 0.942 bits per heavy atom. The fourth-order valence-corrected chi connectivity index (χ4v) is 7.53. The average Bonchev–Trinajstić information content (AvgIpc) is 3.23. The summed E-state index contributed by atoms with van der Waals surface area (Å²) < 4.78 is 0. The molecule has 0 fully saturated rings. The number of nitrogens with zero attached hydrogens (tertiary/aromatic N) is 4. The van der Waals surface area contributed by atoms with Crippen LogP contribution in [-0.2, 0) is 0 Å². The van der Waals surface area contributed by atoms with Gasteiger partial charge >= 0.3 is 0 Å². The third kappa shape index (κ3) is 5.09. The van der Waals surface area contributed by atoms with Crippen LogP contribution in [-0.4, -0.2) is 19.9 Å². The summed E-state index contributed by atoms with van der Waals surface area (Å²) in [5.41, 5.74) is 7.42. The van der Waals surface area contributed by atoms with Gasteiger partial charge in [-0.3, -0.25) is 4.98 Å². The van der Waals surface area contributed by atoms with Gasteiger partial charge in [0.1, 0.15) is 0 Å². The highest BCUT2D eigenvalue weighted by atomic mass is 15.0. The molecule has 2 aromatic heterocycles. The lowest BCUT2D eigenvalue weighted by atomic mass is 9.90. The second-order valence-electron chi connectivity index (χ2n) is 13.1. The summed E-state index contributed by atoms with van der Waals surface area (Å²) in [6.07, 6.45) is 3.81. The summed E-state index contributed by atoms with van der Waals surface area (Å²) >= 11 is 0.